The predicted molar refractivity (Wildman–Crippen MR) is 117 cm³/mol. The highest BCUT2D eigenvalue weighted by Crippen LogP contribution is 2.77. The summed E-state index contributed by atoms with van der Waals surface area (Å²) in [6, 6.07) is 18.1. The minimum Gasteiger partial charge on any atom is -0.497 e. The molecule has 2 aromatic carbocycles. The molecule has 0 saturated heterocycles. The summed E-state index contributed by atoms with van der Waals surface area (Å²) in [5.41, 5.74) is 5.07. The smallest absolute Gasteiger partial charge is 0.118 e. The highest BCUT2D eigenvalue weighted by Gasteiger charge is 2.70. The van der Waals surface area contributed by atoms with Crippen molar-refractivity contribution in [3.05, 3.63) is 65.2 Å². The first-order valence-electron chi connectivity index (χ1n) is 12.0. The summed E-state index contributed by atoms with van der Waals surface area (Å²) in [5.74, 6) is 6.67. The molecule has 2 heteroatoms. The summed E-state index contributed by atoms with van der Waals surface area (Å²) < 4.78 is 5.43. The third-order valence-corrected chi connectivity index (χ3v) is 10.5. The van der Waals surface area contributed by atoms with Gasteiger partial charge in [0.2, 0.25) is 0 Å². The first-order chi connectivity index (χ1) is 14.6. The molecule has 8 bridgehead atoms. The van der Waals surface area contributed by atoms with Gasteiger partial charge in [-0.1, -0.05) is 36.4 Å². The van der Waals surface area contributed by atoms with E-state index in [0.717, 1.165) is 46.8 Å². The van der Waals surface area contributed by atoms with E-state index >= 15 is 0 Å². The Kier molecular flexibility index (Phi) is 3.51. The fourth-order valence-electron chi connectivity index (χ4n) is 9.54. The molecular weight excluding hydrogens is 368 g/mol. The molecule has 9 rings (SSSR count). The van der Waals surface area contributed by atoms with Gasteiger partial charge >= 0.3 is 0 Å². The number of benzene rings is 2. The van der Waals surface area contributed by atoms with Gasteiger partial charge in [0.05, 0.1) is 13.7 Å². The molecule has 0 radical (unpaired) electrons. The van der Waals surface area contributed by atoms with Gasteiger partial charge in [-0.2, -0.15) is 0 Å². The molecule has 0 atom stereocenters. The molecule has 0 amide bonds. The minimum absolute atomic E-state index is 0.154. The first-order valence-corrected chi connectivity index (χ1v) is 12.0. The number of aliphatic hydroxyl groups excluding tert-OH is 1. The van der Waals surface area contributed by atoms with Crippen molar-refractivity contribution in [2.75, 3.05) is 7.11 Å². The van der Waals surface area contributed by atoms with E-state index in [2.05, 4.69) is 48.5 Å². The molecule has 2 aromatic rings. The molecule has 7 aliphatic rings. The zero-order chi connectivity index (χ0) is 20.1. The maximum atomic E-state index is 9.45. The van der Waals surface area contributed by atoms with Gasteiger partial charge in [-0.25, -0.2) is 0 Å². The SMILES string of the molecule is COc1ccc(C23CC4C5C[C@]6(c7ccc(CO)cc7)CC4[C@H](C2)C(C6)[C@H]5C3)cc1. The van der Waals surface area contributed by atoms with Gasteiger partial charge in [0, 0.05) is 0 Å². The molecule has 0 spiro atoms. The fourth-order valence-corrected chi connectivity index (χ4v) is 9.54. The van der Waals surface area contributed by atoms with Crippen LogP contribution in [-0.4, -0.2) is 12.2 Å². The summed E-state index contributed by atoms with van der Waals surface area (Å²) >= 11 is 0. The van der Waals surface area contributed by atoms with Crippen LogP contribution in [0.1, 0.15) is 55.2 Å². The summed E-state index contributed by atoms with van der Waals surface area (Å²) in [6.45, 7) is 0.154. The van der Waals surface area contributed by atoms with Crippen LogP contribution in [0.3, 0.4) is 0 Å². The third kappa shape index (κ3) is 2.14. The number of hydrogen-bond acceptors (Lipinski definition) is 2. The van der Waals surface area contributed by atoms with Crippen LogP contribution in [-0.2, 0) is 17.4 Å². The lowest BCUT2D eigenvalue weighted by atomic mass is 9.29. The molecule has 7 aliphatic carbocycles. The van der Waals surface area contributed by atoms with Crippen LogP contribution in [0.25, 0.3) is 0 Å². The van der Waals surface area contributed by atoms with E-state index in [4.69, 9.17) is 4.74 Å². The average molecular weight is 401 g/mol. The van der Waals surface area contributed by atoms with Crippen LogP contribution in [0.2, 0.25) is 0 Å². The molecule has 7 saturated carbocycles. The Balaban J connectivity index is 1.24. The van der Waals surface area contributed by atoms with Crippen LogP contribution in [0.4, 0.5) is 0 Å². The van der Waals surface area contributed by atoms with Crippen LogP contribution in [0.5, 0.6) is 5.75 Å². The summed E-state index contributed by atoms with van der Waals surface area (Å²) in [6.07, 6.45) is 8.52. The van der Waals surface area contributed by atoms with E-state index in [1.54, 1.807) is 18.2 Å². The fraction of sp³-hybridized carbons (Fsp3) is 0.571. The van der Waals surface area contributed by atoms with Crippen molar-refractivity contribution in [1.82, 2.24) is 0 Å². The van der Waals surface area contributed by atoms with Crippen molar-refractivity contribution in [2.24, 2.45) is 35.5 Å². The number of rotatable bonds is 4. The highest BCUT2D eigenvalue weighted by molar-refractivity contribution is 5.39. The van der Waals surface area contributed by atoms with E-state index in [1.807, 2.05) is 0 Å². The van der Waals surface area contributed by atoms with Gasteiger partial charge < -0.3 is 9.84 Å². The average Bonchev–Trinajstić information content (AvgIpc) is 2.82. The lowest BCUT2D eigenvalue weighted by Gasteiger charge is -2.75. The summed E-state index contributed by atoms with van der Waals surface area (Å²) in [7, 11) is 1.76. The minimum atomic E-state index is 0.154. The summed E-state index contributed by atoms with van der Waals surface area (Å²) in [4.78, 5) is 0. The van der Waals surface area contributed by atoms with Gasteiger partial charge in [-0.05, 0) is 114 Å². The molecule has 0 unspecified atom stereocenters. The van der Waals surface area contributed by atoms with E-state index in [-0.39, 0.29) is 6.61 Å². The second-order valence-electron chi connectivity index (χ2n) is 11.4. The van der Waals surface area contributed by atoms with Gasteiger partial charge in [0.1, 0.15) is 5.75 Å². The van der Waals surface area contributed by atoms with Crippen molar-refractivity contribution < 1.29 is 9.84 Å². The van der Waals surface area contributed by atoms with E-state index in [1.165, 1.54) is 38.5 Å². The normalized spacial score (nSPS) is 44.6. The van der Waals surface area contributed by atoms with Crippen molar-refractivity contribution in [1.29, 1.82) is 0 Å². The Morgan fingerprint density at radius 3 is 1.37 bits per heavy atom. The van der Waals surface area contributed by atoms with Crippen molar-refractivity contribution in [3.63, 3.8) is 0 Å². The Bertz CT molecular complexity index is 828. The maximum absolute atomic E-state index is 9.45. The first kappa shape index (κ1) is 17.8. The molecule has 2 nitrogen and oxygen atoms in total. The van der Waals surface area contributed by atoms with Crippen LogP contribution >= 0.6 is 0 Å². The van der Waals surface area contributed by atoms with Gasteiger partial charge in [-0.3, -0.25) is 0 Å². The largest absolute Gasteiger partial charge is 0.497 e. The van der Waals surface area contributed by atoms with Crippen molar-refractivity contribution in [2.45, 2.75) is 56.0 Å². The second kappa shape index (κ2) is 5.91. The zero-order valence-corrected chi connectivity index (χ0v) is 17.9. The summed E-state index contributed by atoms with van der Waals surface area (Å²) in [5, 5.41) is 9.45. The third-order valence-electron chi connectivity index (χ3n) is 10.5. The molecular formula is C28H32O2. The number of ether oxygens (including phenoxy) is 1. The Hall–Kier alpha value is -1.80. The zero-order valence-electron chi connectivity index (χ0n) is 17.9. The topological polar surface area (TPSA) is 29.5 Å². The van der Waals surface area contributed by atoms with Crippen LogP contribution < -0.4 is 4.74 Å². The molecule has 0 aromatic heterocycles. The van der Waals surface area contributed by atoms with E-state index in [0.29, 0.717) is 10.8 Å². The van der Waals surface area contributed by atoms with Crippen LogP contribution in [0, 0.1) is 35.5 Å². The number of methoxy groups -OCH3 is 1. The number of aliphatic hydroxyl groups is 1. The number of hydrogen-bond donors (Lipinski definition) is 1. The van der Waals surface area contributed by atoms with Gasteiger partial charge in [0.15, 0.2) is 0 Å². The standard InChI is InChI=1S/C28H32O2/c1-30-20-8-6-19(7-9-20)28-13-24-21-10-27(18-4-2-17(16-29)3-5-18)11-22(24)26(15-28)23(12-27)25(21)14-28/h2-9,21-26,29H,10-16H2,1H3/t21?,22?,23?,24-,25-,26?,27-,28?/m1/s1. The van der Waals surface area contributed by atoms with Gasteiger partial charge in [0.25, 0.3) is 0 Å². The highest BCUT2D eigenvalue weighted by atomic mass is 16.5. The molecule has 156 valence electrons. The maximum Gasteiger partial charge on any atom is 0.118 e. The molecule has 0 aliphatic heterocycles. The Labute approximate surface area is 179 Å². The monoisotopic (exact) mass is 400 g/mol. The molecule has 30 heavy (non-hydrogen) atoms. The molecule has 0 heterocycles. The quantitative estimate of drug-likeness (QED) is 0.737. The molecule has 7 fully saturated rings. The van der Waals surface area contributed by atoms with Crippen molar-refractivity contribution in [3.8, 4) is 5.75 Å². The molecule has 1 N–H and O–H groups in total. The van der Waals surface area contributed by atoms with Crippen LogP contribution in [0.15, 0.2) is 48.5 Å². The van der Waals surface area contributed by atoms with Crippen molar-refractivity contribution >= 4 is 0 Å². The van der Waals surface area contributed by atoms with E-state index < -0.39 is 0 Å². The lowest BCUT2D eigenvalue weighted by molar-refractivity contribution is -0.221. The van der Waals surface area contributed by atoms with Gasteiger partial charge in [-0.15, -0.1) is 0 Å². The Morgan fingerprint density at radius 2 is 1.03 bits per heavy atom. The lowest BCUT2D eigenvalue weighted by Crippen LogP contribution is -2.69. The predicted octanol–water partition coefficient (Wildman–Crippen LogP) is 5.47. The van der Waals surface area contributed by atoms with E-state index in [9.17, 15) is 5.11 Å². The second-order valence-corrected chi connectivity index (χ2v) is 11.4. The Morgan fingerprint density at radius 1 is 0.667 bits per heavy atom.